The van der Waals surface area contributed by atoms with E-state index in [1.807, 2.05) is 0 Å². The molecule has 0 saturated carbocycles. The van der Waals surface area contributed by atoms with E-state index in [0.717, 1.165) is 14.2 Å². The number of amides is 1. The summed E-state index contributed by atoms with van der Waals surface area (Å²) in [4.78, 5) is 39.7. The summed E-state index contributed by atoms with van der Waals surface area (Å²) in [6.07, 6.45) is -1.31. The summed E-state index contributed by atoms with van der Waals surface area (Å²) in [6, 6.07) is 6.29. The van der Waals surface area contributed by atoms with E-state index in [2.05, 4.69) is 14.8 Å². The Bertz CT molecular complexity index is 696. The number of hydrogen-bond donors (Lipinski definition) is 1. The van der Waals surface area contributed by atoms with Crippen LogP contribution in [-0.4, -0.2) is 48.8 Å². The molecule has 128 valence electrons. The van der Waals surface area contributed by atoms with Crippen LogP contribution in [0.2, 0.25) is 0 Å². The van der Waals surface area contributed by atoms with Gasteiger partial charge in [0.05, 0.1) is 19.1 Å². The first-order chi connectivity index (χ1) is 11.4. The monoisotopic (exact) mass is 336 g/mol. The van der Waals surface area contributed by atoms with Crippen molar-refractivity contribution in [3.63, 3.8) is 0 Å². The molecular formula is C15H16N2O7. The maximum Gasteiger partial charge on any atom is 0.405 e. The number of carbonyl (C=O) groups excluding carboxylic acids is 3. The van der Waals surface area contributed by atoms with Gasteiger partial charge in [0.15, 0.2) is 6.10 Å². The van der Waals surface area contributed by atoms with Crippen LogP contribution in [0.15, 0.2) is 24.3 Å². The average molecular weight is 336 g/mol. The minimum atomic E-state index is -1.31. The smallest absolute Gasteiger partial charge is 0.405 e. The standard InChI is InChI=1S/C15H16N2O7/c1-8(18)16-10-6-4-9(5-7-10)11-12(14(19)22-2)17(21)24-13(11)15(20)23-3/h4-7,11,13H,1-3H3,(H,16,18). The van der Waals surface area contributed by atoms with Gasteiger partial charge in [0.2, 0.25) is 5.91 Å². The maximum atomic E-state index is 11.9. The molecule has 24 heavy (non-hydrogen) atoms. The van der Waals surface area contributed by atoms with E-state index < -0.39 is 24.0 Å². The lowest BCUT2D eigenvalue weighted by Gasteiger charge is -2.17. The lowest BCUT2D eigenvalue weighted by molar-refractivity contribution is -0.736. The minimum Gasteiger partial charge on any atom is -0.468 e. The lowest BCUT2D eigenvalue weighted by Crippen LogP contribution is -2.33. The Morgan fingerprint density at radius 3 is 2.29 bits per heavy atom. The Morgan fingerprint density at radius 1 is 1.17 bits per heavy atom. The van der Waals surface area contributed by atoms with Crippen molar-refractivity contribution in [1.29, 1.82) is 0 Å². The molecule has 0 aliphatic carbocycles. The van der Waals surface area contributed by atoms with Crippen molar-refractivity contribution in [2.24, 2.45) is 0 Å². The molecule has 2 unspecified atom stereocenters. The molecule has 1 N–H and O–H groups in total. The molecule has 9 nitrogen and oxygen atoms in total. The van der Waals surface area contributed by atoms with Crippen LogP contribution in [0, 0.1) is 5.21 Å². The van der Waals surface area contributed by atoms with Gasteiger partial charge in [-0.3, -0.25) is 14.8 Å². The highest BCUT2D eigenvalue weighted by Gasteiger charge is 2.50. The molecule has 1 amide bonds. The largest absolute Gasteiger partial charge is 0.468 e. The fraction of sp³-hybridized carbons (Fsp3) is 0.333. The first-order valence-electron chi connectivity index (χ1n) is 6.93. The van der Waals surface area contributed by atoms with Gasteiger partial charge in [0, 0.05) is 12.6 Å². The number of anilines is 1. The van der Waals surface area contributed by atoms with Crippen LogP contribution in [0.5, 0.6) is 0 Å². The van der Waals surface area contributed by atoms with E-state index in [0.29, 0.717) is 11.3 Å². The van der Waals surface area contributed by atoms with Gasteiger partial charge >= 0.3 is 17.7 Å². The van der Waals surface area contributed by atoms with E-state index in [1.54, 1.807) is 24.3 Å². The van der Waals surface area contributed by atoms with Crippen molar-refractivity contribution in [3.05, 3.63) is 35.0 Å². The van der Waals surface area contributed by atoms with Gasteiger partial charge in [-0.05, 0) is 17.7 Å². The first kappa shape index (κ1) is 17.3. The Hall–Kier alpha value is -3.10. The third-order valence-electron chi connectivity index (χ3n) is 3.42. The molecule has 0 spiro atoms. The van der Waals surface area contributed by atoms with E-state index in [1.165, 1.54) is 6.92 Å². The van der Waals surface area contributed by atoms with Crippen molar-refractivity contribution in [2.75, 3.05) is 19.5 Å². The molecule has 2 rings (SSSR count). The number of carbonyl (C=O) groups is 3. The molecule has 0 bridgehead atoms. The second-order valence-corrected chi connectivity index (χ2v) is 4.96. The lowest BCUT2D eigenvalue weighted by atomic mass is 9.89. The Kier molecular flexibility index (Phi) is 5.02. The molecule has 1 aliphatic heterocycles. The maximum absolute atomic E-state index is 11.9. The van der Waals surface area contributed by atoms with Crippen LogP contribution in [0.4, 0.5) is 5.69 Å². The van der Waals surface area contributed by atoms with Crippen molar-refractivity contribution in [2.45, 2.75) is 18.9 Å². The van der Waals surface area contributed by atoms with Gasteiger partial charge in [0.25, 0.3) is 0 Å². The van der Waals surface area contributed by atoms with E-state index in [9.17, 15) is 19.6 Å². The van der Waals surface area contributed by atoms with Gasteiger partial charge in [-0.15, -0.1) is 0 Å². The van der Waals surface area contributed by atoms with Crippen LogP contribution < -0.4 is 5.32 Å². The highest BCUT2D eigenvalue weighted by Crippen LogP contribution is 2.31. The summed E-state index contributed by atoms with van der Waals surface area (Å²) in [7, 11) is 2.26. The highest BCUT2D eigenvalue weighted by atomic mass is 16.9. The van der Waals surface area contributed by atoms with Crippen LogP contribution >= 0.6 is 0 Å². The van der Waals surface area contributed by atoms with Crippen molar-refractivity contribution in [3.8, 4) is 0 Å². The number of rotatable bonds is 4. The van der Waals surface area contributed by atoms with Crippen LogP contribution in [0.3, 0.4) is 0 Å². The summed E-state index contributed by atoms with van der Waals surface area (Å²) in [5, 5.41) is 14.5. The third kappa shape index (κ3) is 3.29. The van der Waals surface area contributed by atoms with Gasteiger partial charge in [-0.2, -0.15) is 0 Å². The second-order valence-electron chi connectivity index (χ2n) is 4.96. The van der Waals surface area contributed by atoms with Crippen molar-refractivity contribution in [1.82, 2.24) is 0 Å². The normalized spacial score (nSPS) is 19.5. The molecule has 0 radical (unpaired) electrons. The fourth-order valence-corrected chi connectivity index (χ4v) is 2.39. The number of hydrogen-bond acceptors (Lipinski definition) is 7. The van der Waals surface area contributed by atoms with Crippen molar-refractivity contribution < 1.29 is 33.6 Å². The van der Waals surface area contributed by atoms with Gasteiger partial charge in [-0.1, -0.05) is 12.1 Å². The average Bonchev–Trinajstić information content (AvgIpc) is 2.91. The zero-order chi connectivity index (χ0) is 17.9. The number of methoxy groups -OCH3 is 2. The summed E-state index contributed by atoms with van der Waals surface area (Å²) >= 11 is 0. The van der Waals surface area contributed by atoms with Gasteiger partial charge in [-0.25, -0.2) is 4.79 Å². The Labute approximate surface area is 137 Å². The van der Waals surface area contributed by atoms with Crippen LogP contribution in [-0.2, 0) is 28.7 Å². The second kappa shape index (κ2) is 6.99. The SMILES string of the molecule is COC(=O)C1=[N+]([O-])OC(C(=O)OC)C1c1ccc(NC(C)=O)cc1. The molecule has 1 aromatic carbocycles. The van der Waals surface area contributed by atoms with Gasteiger partial charge in [0.1, 0.15) is 5.92 Å². The molecule has 0 aromatic heterocycles. The molecule has 1 aromatic rings. The molecule has 0 fully saturated rings. The number of ether oxygens (including phenoxy) is 2. The topological polar surface area (TPSA) is 117 Å². The number of nitrogens with one attached hydrogen (secondary N) is 1. The van der Waals surface area contributed by atoms with Gasteiger partial charge < -0.3 is 19.6 Å². The number of nitrogens with zero attached hydrogens (tertiary/aromatic N) is 1. The Balaban J connectivity index is 2.41. The molecule has 2 atom stereocenters. The third-order valence-corrected chi connectivity index (χ3v) is 3.42. The predicted octanol–water partition coefficient (Wildman–Crippen LogP) is 0.340. The molecule has 1 heterocycles. The van der Waals surface area contributed by atoms with E-state index >= 15 is 0 Å². The molecule has 1 aliphatic rings. The fourth-order valence-electron chi connectivity index (χ4n) is 2.39. The first-order valence-corrected chi connectivity index (χ1v) is 6.93. The van der Waals surface area contributed by atoms with E-state index in [4.69, 9.17) is 4.84 Å². The highest BCUT2D eigenvalue weighted by molar-refractivity contribution is 6.37. The summed E-state index contributed by atoms with van der Waals surface area (Å²) in [5.41, 5.74) is 0.622. The zero-order valence-electron chi connectivity index (χ0n) is 13.3. The van der Waals surface area contributed by atoms with E-state index in [-0.39, 0.29) is 16.5 Å². The minimum absolute atomic E-state index is 0.0280. The van der Waals surface area contributed by atoms with Crippen LogP contribution in [0.1, 0.15) is 18.4 Å². The summed E-state index contributed by atoms with van der Waals surface area (Å²) < 4.78 is 9.21. The predicted molar refractivity (Wildman–Crippen MR) is 81.0 cm³/mol. The summed E-state index contributed by atoms with van der Waals surface area (Å²) in [6.45, 7) is 1.37. The Morgan fingerprint density at radius 2 is 1.79 bits per heavy atom. The summed E-state index contributed by atoms with van der Waals surface area (Å²) in [5.74, 6) is -2.95. The quantitative estimate of drug-likeness (QED) is 0.622. The van der Waals surface area contributed by atoms with Crippen LogP contribution in [0.25, 0.3) is 0 Å². The van der Waals surface area contributed by atoms with Crippen molar-refractivity contribution >= 4 is 29.2 Å². The molecule has 9 heteroatoms. The number of benzene rings is 1. The number of esters is 2. The zero-order valence-corrected chi connectivity index (χ0v) is 13.3. The molecular weight excluding hydrogens is 320 g/mol. The molecule has 0 saturated heterocycles.